The predicted octanol–water partition coefficient (Wildman–Crippen LogP) is 6.16. The lowest BCUT2D eigenvalue weighted by Gasteiger charge is -2.22. The van der Waals surface area contributed by atoms with Gasteiger partial charge in [0, 0.05) is 37.6 Å². The summed E-state index contributed by atoms with van der Waals surface area (Å²) in [6.45, 7) is 6.72. The second kappa shape index (κ2) is 11.5. The zero-order valence-electron chi connectivity index (χ0n) is 17.9. The molecular weight excluding hydrogens is 403 g/mol. The maximum absolute atomic E-state index is 14.6. The molecule has 0 amide bonds. The summed E-state index contributed by atoms with van der Waals surface area (Å²) in [5.74, 6) is 1.47. The lowest BCUT2D eigenvalue weighted by atomic mass is 10.0. The van der Waals surface area contributed by atoms with Crippen LogP contribution in [-0.2, 0) is 4.74 Å². The number of ether oxygens (including phenoxy) is 1. The highest BCUT2D eigenvalue weighted by Gasteiger charge is 2.16. The highest BCUT2D eigenvalue weighted by Crippen LogP contribution is 2.31. The van der Waals surface area contributed by atoms with Crippen LogP contribution in [-0.4, -0.2) is 35.8 Å². The van der Waals surface area contributed by atoms with Crippen LogP contribution in [0.4, 0.5) is 16.0 Å². The number of aromatic nitrogens is 2. The van der Waals surface area contributed by atoms with E-state index in [4.69, 9.17) is 16.3 Å². The van der Waals surface area contributed by atoms with Crippen LogP contribution < -0.4 is 10.6 Å². The highest BCUT2D eigenvalue weighted by atomic mass is 35.5. The van der Waals surface area contributed by atoms with Crippen molar-refractivity contribution in [1.29, 1.82) is 0 Å². The molecule has 1 saturated heterocycles. The van der Waals surface area contributed by atoms with Crippen molar-refractivity contribution < 1.29 is 9.13 Å². The third kappa shape index (κ3) is 6.54. The number of anilines is 2. The average Bonchev–Trinajstić information content (AvgIpc) is 2.75. The molecule has 7 heteroatoms. The largest absolute Gasteiger partial charge is 0.381 e. The molecule has 0 aliphatic carbocycles. The standard InChI is InChI=1S/C23H32ClFN4O/c1-3-4-5-6-16(2)28-22-13-18(19(24)15-27-22)23-20(25)7-8-21(29-23)26-14-17-9-11-30-12-10-17/h7-8,13,15-17H,3-6,9-12,14H2,1-2H3,(H,26,29)(H,27,28). The third-order valence-electron chi connectivity index (χ3n) is 5.50. The van der Waals surface area contributed by atoms with Crippen LogP contribution in [0.15, 0.2) is 24.4 Å². The van der Waals surface area contributed by atoms with E-state index in [9.17, 15) is 4.39 Å². The van der Waals surface area contributed by atoms with Crippen LogP contribution in [0.1, 0.15) is 52.4 Å². The van der Waals surface area contributed by atoms with Gasteiger partial charge in [-0.2, -0.15) is 0 Å². The Bertz CT molecular complexity index is 814. The first kappa shape index (κ1) is 22.8. The van der Waals surface area contributed by atoms with Crippen molar-refractivity contribution >= 4 is 23.2 Å². The van der Waals surface area contributed by atoms with Crippen LogP contribution in [0.3, 0.4) is 0 Å². The van der Waals surface area contributed by atoms with E-state index in [0.717, 1.165) is 39.0 Å². The molecular formula is C23H32ClFN4O. The second-order valence-electron chi connectivity index (χ2n) is 8.05. The van der Waals surface area contributed by atoms with Crippen molar-refractivity contribution in [3.8, 4) is 11.3 Å². The molecule has 0 aromatic carbocycles. The molecule has 3 rings (SSSR count). The molecule has 1 fully saturated rings. The van der Waals surface area contributed by atoms with E-state index in [1.165, 1.54) is 25.3 Å². The molecule has 2 aromatic rings. The van der Waals surface area contributed by atoms with E-state index < -0.39 is 5.82 Å². The summed E-state index contributed by atoms with van der Waals surface area (Å²) >= 11 is 6.36. The summed E-state index contributed by atoms with van der Waals surface area (Å²) in [6.07, 6.45) is 8.26. The van der Waals surface area contributed by atoms with E-state index in [1.54, 1.807) is 18.3 Å². The van der Waals surface area contributed by atoms with E-state index in [2.05, 4.69) is 34.4 Å². The van der Waals surface area contributed by atoms with Crippen molar-refractivity contribution in [3.63, 3.8) is 0 Å². The Kier molecular flexibility index (Phi) is 8.70. The number of halogens is 2. The second-order valence-corrected chi connectivity index (χ2v) is 8.46. The Morgan fingerprint density at radius 1 is 1.23 bits per heavy atom. The summed E-state index contributed by atoms with van der Waals surface area (Å²) in [5, 5.41) is 7.11. The fourth-order valence-corrected chi connectivity index (χ4v) is 3.85. The van der Waals surface area contributed by atoms with E-state index in [-0.39, 0.29) is 11.7 Å². The van der Waals surface area contributed by atoms with E-state index in [1.807, 2.05) is 0 Å². The Balaban J connectivity index is 1.71. The van der Waals surface area contributed by atoms with Gasteiger partial charge in [0.05, 0.1) is 5.02 Å². The summed E-state index contributed by atoms with van der Waals surface area (Å²) < 4.78 is 20.0. The molecule has 2 N–H and O–H groups in total. The smallest absolute Gasteiger partial charge is 0.149 e. The number of nitrogens with one attached hydrogen (secondary N) is 2. The van der Waals surface area contributed by atoms with Crippen molar-refractivity contribution in [2.24, 2.45) is 5.92 Å². The maximum atomic E-state index is 14.6. The molecule has 0 bridgehead atoms. The number of rotatable bonds is 10. The van der Waals surface area contributed by atoms with Crippen LogP contribution >= 0.6 is 11.6 Å². The Morgan fingerprint density at radius 2 is 2.03 bits per heavy atom. The molecule has 5 nitrogen and oxygen atoms in total. The molecule has 0 radical (unpaired) electrons. The van der Waals surface area contributed by atoms with Gasteiger partial charge >= 0.3 is 0 Å². The van der Waals surface area contributed by atoms with Gasteiger partial charge in [-0.05, 0) is 50.3 Å². The first-order valence-corrected chi connectivity index (χ1v) is 11.3. The SMILES string of the molecule is CCCCCC(C)Nc1cc(-c2nc(NCC3CCOCC3)ccc2F)c(Cl)cn1. The van der Waals surface area contributed by atoms with Crippen LogP contribution in [0.5, 0.6) is 0 Å². The van der Waals surface area contributed by atoms with Gasteiger partial charge in [0.25, 0.3) is 0 Å². The number of pyridine rings is 2. The Labute approximate surface area is 183 Å². The van der Waals surface area contributed by atoms with Crippen molar-refractivity contribution in [2.45, 2.75) is 58.4 Å². The molecule has 30 heavy (non-hydrogen) atoms. The fraction of sp³-hybridized carbons (Fsp3) is 0.565. The van der Waals surface area contributed by atoms with Gasteiger partial charge in [-0.15, -0.1) is 0 Å². The average molecular weight is 435 g/mol. The first-order valence-electron chi connectivity index (χ1n) is 11.0. The third-order valence-corrected chi connectivity index (χ3v) is 5.81. The Morgan fingerprint density at radius 3 is 2.80 bits per heavy atom. The van der Waals surface area contributed by atoms with Crippen LogP contribution in [0.2, 0.25) is 5.02 Å². The zero-order chi connectivity index (χ0) is 21.3. The lowest BCUT2D eigenvalue weighted by Crippen LogP contribution is -2.23. The number of hydrogen-bond donors (Lipinski definition) is 2. The molecule has 0 spiro atoms. The summed E-state index contributed by atoms with van der Waals surface area (Å²) in [6, 6.07) is 5.17. The van der Waals surface area contributed by atoms with Crippen molar-refractivity contribution in [2.75, 3.05) is 30.4 Å². The minimum atomic E-state index is -0.401. The zero-order valence-corrected chi connectivity index (χ0v) is 18.6. The highest BCUT2D eigenvalue weighted by molar-refractivity contribution is 6.33. The topological polar surface area (TPSA) is 59.1 Å². The van der Waals surface area contributed by atoms with Gasteiger partial charge in [-0.25, -0.2) is 14.4 Å². The Hall–Kier alpha value is -1.92. The van der Waals surface area contributed by atoms with Gasteiger partial charge in [0.1, 0.15) is 23.1 Å². The minimum absolute atomic E-state index is 0.237. The quantitative estimate of drug-likeness (QED) is 0.439. The number of unbranched alkanes of at least 4 members (excludes halogenated alkanes) is 2. The van der Waals surface area contributed by atoms with Crippen LogP contribution in [0, 0.1) is 11.7 Å². The fourth-order valence-electron chi connectivity index (χ4n) is 3.65. The number of nitrogens with zero attached hydrogens (tertiary/aromatic N) is 2. The van der Waals surface area contributed by atoms with Crippen molar-refractivity contribution in [3.05, 3.63) is 35.2 Å². The normalized spacial score (nSPS) is 15.7. The molecule has 1 aliphatic rings. The molecule has 164 valence electrons. The van der Waals surface area contributed by atoms with Gasteiger partial charge < -0.3 is 15.4 Å². The molecule has 1 unspecified atom stereocenters. The monoisotopic (exact) mass is 434 g/mol. The van der Waals surface area contributed by atoms with Gasteiger partial charge in [0.15, 0.2) is 0 Å². The number of hydrogen-bond acceptors (Lipinski definition) is 5. The van der Waals surface area contributed by atoms with E-state index in [0.29, 0.717) is 28.1 Å². The maximum Gasteiger partial charge on any atom is 0.149 e. The predicted molar refractivity (Wildman–Crippen MR) is 122 cm³/mol. The molecule has 2 aromatic heterocycles. The molecule has 1 aliphatic heterocycles. The molecule has 3 heterocycles. The lowest BCUT2D eigenvalue weighted by molar-refractivity contribution is 0.0699. The molecule has 1 atom stereocenters. The van der Waals surface area contributed by atoms with Gasteiger partial charge in [-0.1, -0.05) is 37.8 Å². The first-order chi connectivity index (χ1) is 14.6. The van der Waals surface area contributed by atoms with Crippen LogP contribution in [0.25, 0.3) is 11.3 Å². The van der Waals surface area contributed by atoms with E-state index >= 15 is 0 Å². The molecule has 0 saturated carbocycles. The van der Waals surface area contributed by atoms with Gasteiger partial charge in [-0.3, -0.25) is 0 Å². The summed E-state index contributed by atoms with van der Waals surface area (Å²) in [4.78, 5) is 8.87. The van der Waals surface area contributed by atoms with Crippen molar-refractivity contribution in [1.82, 2.24) is 9.97 Å². The summed E-state index contributed by atoms with van der Waals surface area (Å²) in [5.41, 5.74) is 0.781. The minimum Gasteiger partial charge on any atom is -0.381 e. The summed E-state index contributed by atoms with van der Waals surface area (Å²) in [7, 11) is 0. The van der Waals surface area contributed by atoms with Gasteiger partial charge in [0.2, 0.25) is 0 Å².